The molecular formula is C18H21FN2O4. The van der Waals surface area contributed by atoms with Gasteiger partial charge < -0.3 is 15.3 Å². The maximum atomic E-state index is 13.0. The van der Waals surface area contributed by atoms with Crippen molar-refractivity contribution in [3.63, 3.8) is 0 Å². The predicted octanol–water partition coefficient (Wildman–Crippen LogP) is 1.66. The summed E-state index contributed by atoms with van der Waals surface area (Å²) in [5.41, 5.74) is 0.379. The molecule has 1 aliphatic carbocycles. The molecule has 2 N–H and O–H groups in total. The number of carboxylic acid groups (broad SMARTS) is 1. The fourth-order valence-corrected chi connectivity index (χ4v) is 3.23. The van der Waals surface area contributed by atoms with Crippen LogP contribution in [-0.2, 0) is 9.59 Å². The van der Waals surface area contributed by atoms with Gasteiger partial charge in [-0.05, 0) is 55.9 Å². The van der Waals surface area contributed by atoms with Crippen molar-refractivity contribution in [2.45, 2.75) is 31.7 Å². The Balaban J connectivity index is 1.62. The Morgan fingerprint density at radius 3 is 2.44 bits per heavy atom. The van der Waals surface area contributed by atoms with Gasteiger partial charge in [0.15, 0.2) is 0 Å². The quantitative estimate of drug-likeness (QED) is 0.847. The standard InChI is InChI=1S/C18H21FN2O4/c19-14-7-5-12(6-8-14)17(23)21-9-1-2-13(10-21)16(22)20-15(18(24)25)11-3-4-11/h5-8,11,13,15H,1-4,9-10H2,(H,20,22)(H,24,25). The summed E-state index contributed by atoms with van der Waals surface area (Å²) in [6.45, 7) is 0.782. The fourth-order valence-electron chi connectivity index (χ4n) is 3.23. The van der Waals surface area contributed by atoms with Crippen LogP contribution in [0.4, 0.5) is 4.39 Å². The molecule has 7 heteroatoms. The summed E-state index contributed by atoms with van der Waals surface area (Å²) >= 11 is 0. The summed E-state index contributed by atoms with van der Waals surface area (Å²) in [5, 5.41) is 11.9. The summed E-state index contributed by atoms with van der Waals surface area (Å²) in [7, 11) is 0. The number of likely N-dealkylation sites (tertiary alicyclic amines) is 1. The number of piperidine rings is 1. The number of carbonyl (C=O) groups excluding carboxylic acids is 2. The largest absolute Gasteiger partial charge is 0.480 e. The third kappa shape index (κ3) is 4.15. The van der Waals surface area contributed by atoms with E-state index in [2.05, 4.69) is 5.32 Å². The van der Waals surface area contributed by atoms with E-state index in [-0.39, 0.29) is 24.3 Å². The van der Waals surface area contributed by atoms with E-state index in [4.69, 9.17) is 0 Å². The summed E-state index contributed by atoms with van der Waals surface area (Å²) in [6, 6.07) is 4.47. The monoisotopic (exact) mass is 348 g/mol. The molecule has 1 aromatic carbocycles. The van der Waals surface area contributed by atoms with Crippen LogP contribution in [-0.4, -0.2) is 46.9 Å². The highest BCUT2D eigenvalue weighted by atomic mass is 19.1. The van der Waals surface area contributed by atoms with Crippen molar-refractivity contribution in [2.75, 3.05) is 13.1 Å². The second-order valence-corrected chi connectivity index (χ2v) is 6.76. The van der Waals surface area contributed by atoms with Gasteiger partial charge in [-0.2, -0.15) is 0 Å². The van der Waals surface area contributed by atoms with Crippen LogP contribution in [0.5, 0.6) is 0 Å². The van der Waals surface area contributed by atoms with Crippen LogP contribution in [0.15, 0.2) is 24.3 Å². The number of aliphatic carboxylic acids is 1. The van der Waals surface area contributed by atoms with Crippen LogP contribution in [0, 0.1) is 17.7 Å². The van der Waals surface area contributed by atoms with Crippen molar-refractivity contribution in [1.82, 2.24) is 10.2 Å². The number of benzene rings is 1. The zero-order valence-electron chi connectivity index (χ0n) is 13.8. The lowest BCUT2D eigenvalue weighted by molar-refractivity contribution is -0.143. The Labute approximate surface area is 145 Å². The lowest BCUT2D eigenvalue weighted by Gasteiger charge is -2.32. The first kappa shape index (κ1) is 17.4. The number of nitrogens with one attached hydrogen (secondary N) is 1. The van der Waals surface area contributed by atoms with Crippen LogP contribution >= 0.6 is 0 Å². The number of hydrogen-bond donors (Lipinski definition) is 2. The number of halogens is 1. The molecular weight excluding hydrogens is 327 g/mol. The number of carboxylic acids is 1. The first-order chi connectivity index (χ1) is 12.0. The third-order valence-electron chi connectivity index (χ3n) is 4.83. The molecule has 3 rings (SSSR count). The van der Waals surface area contributed by atoms with Gasteiger partial charge in [-0.3, -0.25) is 9.59 Å². The van der Waals surface area contributed by atoms with Crippen LogP contribution in [0.25, 0.3) is 0 Å². The van der Waals surface area contributed by atoms with Gasteiger partial charge >= 0.3 is 5.97 Å². The molecule has 134 valence electrons. The minimum absolute atomic E-state index is 0.0157. The Hall–Kier alpha value is -2.44. The van der Waals surface area contributed by atoms with Crippen LogP contribution in [0.3, 0.4) is 0 Å². The molecule has 1 saturated heterocycles. The highest BCUT2D eigenvalue weighted by Gasteiger charge is 2.39. The zero-order valence-corrected chi connectivity index (χ0v) is 13.8. The summed E-state index contributed by atoms with van der Waals surface area (Å²) < 4.78 is 13.0. The van der Waals surface area contributed by atoms with Crippen molar-refractivity contribution >= 4 is 17.8 Å². The average Bonchev–Trinajstić information content (AvgIpc) is 3.44. The molecule has 2 unspecified atom stereocenters. The van der Waals surface area contributed by atoms with Gasteiger partial charge in [0.2, 0.25) is 5.91 Å². The zero-order chi connectivity index (χ0) is 18.0. The van der Waals surface area contributed by atoms with Gasteiger partial charge in [0.25, 0.3) is 5.91 Å². The molecule has 0 aromatic heterocycles. The van der Waals surface area contributed by atoms with E-state index in [1.807, 2.05) is 0 Å². The topological polar surface area (TPSA) is 86.7 Å². The van der Waals surface area contributed by atoms with E-state index in [0.29, 0.717) is 24.9 Å². The SMILES string of the molecule is O=C(NC(C(=O)O)C1CC1)C1CCCN(C(=O)c2ccc(F)cc2)C1. The maximum absolute atomic E-state index is 13.0. The number of rotatable bonds is 5. The molecule has 2 fully saturated rings. The number of hydrogen-bond acceptors (Lipinski definition) is 3. The maximum Gasteiger partial charge on any atom is 0.326 e. The van der Waals surface area contributed by atoms with E-state index in [1.165, 1.54) is 24.3 Å². The number of carbonyl (C=O) groups is 3. The summed E-state index contributed by atoms with van der Waals surface area (Å²) in [5.74, 6) is -2.37. The lowest BCUT2D eigenvalue weighted by Crippen LogP contribution is -2.50. The van der Waals surface area contributed by atoms with Gasteiger partial charge in [-0.15, -0.1) is 0 Å². The Morgan fingerprint density at radius 1 is 1.16 bits per heavy atom. The molecule has 1 heterocycles. The van der Waals surface area contributed by atoms with E-state index in [1.54, 1.807) is 4.90 Å². The highest BCUT2D eigenvalue weighted by molar-refractivity contribution is 5.95. The molecule has 0 spiro atoms. The molecule has 1 saturated carbocycles. The van der Waals surface area contributed by atoms with Gasteiger partial charge in [0.05, 0.1) is 5.92 Å². The second-order valence-electron chi connectivity index (χ2n) is 6.76. The van der Waals surface area contributed by atoms with E-state index >= 15 is 0 Å². The molecule has 6 nitrogen and oxygen atoms in total. The molecule has 2 atom stereocenters. The van der Waals surface area contributed by atoms with E-state index < -0.39 is 23.7 Å². The Morgan fingerprint density at radius 2 is 1.84 bits per heavy atom. The molecule has 25 heavy (non-hydrogen) atoms. The first-order valence-corrected chi connectivity index (χ1v) is 8.53. The van der Waals surface area contributed by atoms with E-state index in [9.17, 15) is 23.9 Å². The third-order valence-corrected chi connectivity index (χ3v) is 4.83. The van der Waals surface area contributed by atoms with Gasteiger partial charge in [-0.1, -0.05) is 0 Å². The highest BCUT2D eigenvalue weighted by Crippen LogP contribution is 2.33. The normalized spacial score (nSPS) is 21.5. The molecule has 1 aliphatic heterocycles. The second kappa shape index (κ2) is 7.21. The number of nitrogens with zero attached hydrogens (tertiary/aromatic N) is 1. The van der Waals surface area contributed by atoms with Gasteiger partial charge in [0.1, 0.15) is 11.9 Å². The molecule has 1 aromatic rings. The van der Waals surface area contributed by atoms with E-state index in [0.717, 1.165) is 12.8 Å². The first-order valence-electron chi connectivity index (χ1n) is 8.53. The van der Waals surface area contributed by atoms with Crippen LogP contribution < -0.4 is 5.32 Å². The lowest BCUT2D eigenvalue weighted by atomic mass is 9.95. The smallest absolute Gasteiger partial charge is 0.326 e. The molecule has 2 amide bonds. The van der Waals surface area contributed by atoms with Crippen LogP contribution in [0.1, 0.15) is 36.0 Å². The van der Waals surface area contributed by atoms with Crippen molar-refractivity contribution in [3.05, 3.63) is 35.6 Å². The summed E-state index contributed by atoms with van der Waals surface area (Å²) in [6.07, 6.45) is 2.93. The van der Waals surface area contributed by atoms with Crippen molar-refractivity contribution in [2.24, 2.45) is 11.8 Å². The molecule has 0 radical (unpaired) electrons. The predicted molar refractivity (Wildman–Crippen MR) is 87.3 cm³/mol. The average molecular weight is 348 g/mol. The molecule has 2 aliphatic rings. The van der Waals surface area contributed by atoms with Crippen molar-refractivity contribution in [1.29, 1.82) is 0 Å². The van der Waals surface area contributed by atoms with Gasteiger partial charge in [0, 0.05) is 18.7 Å². The Bertz CT molecular complexity index is 672. The summed E-state index contributed by atoms with van der Waals surface area (Å²) in [4.78, 5) is 37.8. The van der Waals surface area contributed by atoms with Gasteiger partial charge in [-0.25, -0.2) is 9.18 Å². The minimum Gasteiger partial charge on any atom is -0.480 e. The fraction of sp³-hybridized carbons (Fsp3) is 0.500. The Kier molecular flexibility index (Phi) is 5.01. The van der Waals surface area contributed by atoms with Crippen molar-refractivity contribution in [3.8, 4) is 0 Å². The molecule has 0 bridgehead atoms. The number of amides is 2. The van der Waals surface area contributed by atoms with Crippen molar-refractivity contribution < 1.29 is 23.9 Å². The van der Waals surface area contributed by atoms with Crippen LogP contribution in [0.2, 0.25) is 0 Å². The minimum atomic E-state index is -1.01.